The van der Waals surface area contributed by atoms with Crippen molar-refractivity contribution in [1.82, 2.24) is 0 Å². The first-order valence-electron chi connectivity index (χ1n) is 4.21. The van der Waals surface area contributed by atoms with Crippen molar-refractivity contribution in [2.75, 3.05) is 13.7 Å². The largest absolute Gasteiger partial charge is 0.370 e. The summed E-state index contributed by atoms with van der Waals surface area (Å²) in [6, 6.07) is 0. The molecular weight excluding hydrogens is 144 g/mol. The van der Waals surface area contributed by atoms with Gasteiger partial charge >= 0.3 is 0 Å². The van der Waals surface area contributed by atoms with Crippen LogP contribution in [0.5, 0.6) is 0 Å². The monoisotopic (exact) mass is 158 g/mol. The van der Waals surface area contributed by atoms with E-state index < -0.39 is 0 Å². The summed E-state index contributed by atoms with van der Waals surface area (Å²) in [7, 11) is 1.55. The molecule has 1 heterocycles. The molecule has 0 amide bonds. The lowest BCUT2D eigenvalue weighted by atomic mass is 9.90. The minimum Gasteiger partial charge on any atom is -0.370 e. The van der Waals surface area contributed by atoms with Gasteiger partial charge in [-0.2, -0.15) is 0 Å². The molecule has 1 aliphatic heterocycles. The molecule has 3 atom stereocenters. The first-order valence-corrected chi connectivity index (χ1v) is 4.21. The molecule has 0 radical (unpaired) electrons. The molecule has 1 aliphatic carbocycles. The quantitative estimate of drug-likeness (QED) is 0.350. The standard InChI is InChI=1S/C8H14O3/c1-9-10-5-6-2-3-7-8(4-6)11-7/h6-8H,2-5H2,1H3/t6-,7-,8+/m1/s1. The van der Waals surface area contributed by atoms with Crippen LogP contribution in [0, 0.1) is 5.92 Å². The van der Waals surface area contributed by atoms with Crippen molar-refractivity contribution in [1.29, 1.82) is 0 Å². The van der Waals surface area contributed by atoms with E-state index in [1.807, 2.05) is 0 Å². The number of ether oxygens (including phenoxy) is 1. The van der Waals surface area contributed by atoms with Crippen LogP contribution in [0.1, 0.15) is 19.3 Å². The van der Waals surface area contributed by atoms with Crippen molar-refractivity contribution in [3.8, 4) is 0 Å². The Morgan fingerprint density at radius 3 is 3.00 bits per heavy atom. The minimum atomic E-state index is 0.550. The zero-order chi connectivity index (χ0) is 7.68. The lowest BCUT2D eigenvalue weighted by Gasteiger charge is -2.16. The fourth-order valence-electron chi connectivity index (χ4n) is 1.80. The lowest BCUT2D eigenvalue weighted by molar-refractivity contribution is -0.280. The fraction of sp³-hybridized carbons (Fsp3) is 1.00. The van der Waals surface area contributed by atoms with Crippen LogP contribution in [0.25, 0.3) is 0 Å². The predicted octanol–water partition coefficient (Wildman–Crippen LogP) is 1.13. The van der Waals surface area contributed by atoms with Gasteiger partial charge in [0.1, 0.15) is 0 Å². The molecule has 2 fully saturated rings. The zero-order valence-corrected chi connectivity index (χ0v) is 6.79. The first kappa shape index (κ1) is 7.53. The van der Waals surface area contributed by atoms with Gasteiger partial charge in [0.25, 0.3) is 0 Å². The number of hydrogen-bond acceptors (Lipinski definition) is 3. The van der Waals surface area contributed by atoms with Crippen molar-refractivity contribution < 1.29 is 14.5 Å². The Morgan fingerprint density at radius 2 is 2.27 bits per heavy atom. The Labute approximate surface area is 66.6 Å². The maximum absolute atomic E-state index is 5.39. The molecule has 11 heavy (non-hydrogen) atoms. The average Bonchev–Trinajstić information content (AvgIpc) is 2.78. The zero-order valence-electron chi connectivity index (χ0n) is 6.79. The second-order valence-electron chi connectivity index (χ2n) is 3.34. The molecule has 0 aromatic rings. The average molecular weight is 158 g/mol. The summed E-state index contributed by atoms with van der Waals surface area (Å²) >= 11 is 0. The second-order valence-corrected chi connectivity index (χ2v) is 3.34. The fourth-order valence-corrected chi connectivity index (χ4v) is 1.80. The maximum atomic E-state index is 5.39. The van der Waals surface area contributed by atoms with Gasteiger partial charge in [-0.1, -0.05) is 0 Å². The summed E-state index contributed by atoms with van der Waals surface area (Å²) in [6.07, 6.45) is 4.74. The summed E-state index contributed by atoms with van der Waals surface area (Å²) < 4.78 is 5.39. The topological polar surface area (TPSA) is 31.0 Å². The molecule has 0 aromatic heterocycles. The third-order valence-corrected chi connectivity index (χ3v) is 2.53. The Hall–Kier alpha value is -0.120. The Morgan fingerprint density at radius 1 is 1.36 bits per heavy atom. The number of rotatable bonds is 3. The molecule has 64 valence electrons. The molecular formula is C8H14O3. The highest BCUT2D eigenvalue weighted by Crippen LogP contribution is 2.39. The van der Waals surface area contributed by atoms with Gasteiger partial charge in [0.05, 0.1) is 25.9 Å². The molecule has 0 spiro atoms. The molecule has 3 heteroatoms. The molecule has 2 rings (SSSR count). The van der Waals surface area contributed by atoms with Gasteiger partial charge in [0.2, 0.25) is 0 Å². The molecule has 0 bridgehead atoms. The van der Waals surface area contributed by atoms with E-state index in [9.17, 15) is 0 Å². The van der Waals surface area contributed by atoms with Crippen LogP contribution < -0.4 is 0 Å². The number of hydrogen-bond donors (Lipinski definition) is 0. The Bertz CT molecular complexity index is 137. The number of epoxide rings is 1. The molecule has 1 saturated carbocycles. The van der Waals surface area contributed by atoms with Gasteiger partial charge < -0.3 is 4.74 Å². The van der Waals surface area contributed by atoms with Crippen LogP contribution in [-0.4, -0.2) is 25.9 Å². The van der Waals surface area contributed by atoms with Crippen molar-refractivity contribution in [2.45, 2.75) is 31.5 Å². The van der Waals surface area contributed by atoms with Gasteiger partial charge in [0, 0.05) is 0 Å². The van der Waals surface area contributed by atoms with Crippen LogP contribution in [0.4, 0.5) is 0 Å². The summed E-state index contributed by atoms with van der Waals surface area (Å²) in [5.41, 5.74) is 0. The van der Waals surface area contributed by atoms with Gasteiger partial charge in [-0.3, -0.25) is 0 Å². The highest BCUT2D eigenvalue weighted by atomic mass is 17.2. The molecule has 1 saturated heterocycles. The Balaban J connectivity index is 1.68. The lowest BCUT2D eigenvalue weighted by Crippen LogP contribution is -2.18. The van der Waals surface area contributed by atoms with Gasteiger partial charge in [-0.25, -0.2) is 9.78 Å². The highest BCUT2D eigenvalue weighted by Gasteiger charge is 2.43. The van der Waals surface area contributed by atoms with E-state index in [0.717, 1.165) is 13.0 Å². The van der Waals surface area contributed by atoms with Crippen molar-refractivity contribution in [3.63, 3.8) is 0 Å². The van der Waals surface area contributed by atoms with Crippen molar-refractivity contribution >= 4 is 0 Å². The van der Waals surface area contributed by atoms with E-state index in [-0.39, 0.29) is 0 Å². The first-order chi connectivity index (χ1) is 5.40. The van der Waals surface area contributed by atoms with Gasteiger partial charge in [-0.05, 0) is 25.2 Å². The summed E-state index contributed by atoms with van der Waals surface area (Å²) in [6.45, 7) is 0.725. The van der Waals surface area contributed by atoms with E-state index in [4.69, 9.17) is 9.62 Å². The van der Waals surface area contributed by atoms with E-state index >= 15 is 0 Å². The van der Waals surface area contributed by atoms with E-state index in [1.54, 1.807) is 7.11 Å². The van der Waals surface area contributed by atoms with Gasteiger partial charge in [0.15, 0.2) is 0 Å². The van der Waals surface area contributed by atoms with Crippen LogP contribution in [0.15, 0.2) is 0 Å². The number of fused-ring (bicyclic) bond motifs is 1. The van der Waals surface area contributed by atoms with E-state index in [0.29, 0.717) is 18.1 Å². The highest BCUT2D eigenvalue weighted by molar-refractivity contribution is 4.91. The molecule has 3 nitrogen and oxygen atoms in total. The normalized spacial score (nSPS) is 41.7. The second kappa shape index (κ2) is 3.09. The van der Waals surface area contributed by atoms with E-state index in [1.165, 1.54) is 12.8 Å². The summed E-state index contributed by atoms with van der Waals surface area (Å²) in [5, 5.41) is 0. The summed E-state index contributed by atoms with van der Waals surface area (Å²) in [4.78, 5) is 9.44. The van der Waals surface area contributed by atoms with Crippen LogP contribution in [0.3, 0.4) is 0 Å². The van der Waals surface area contributed by atoms with Crippen LogP contribution >= 0.6 is 0 Å². The third kappa shape index (κ3) is 1.72. The van der Waals surface area contributed by atoms with E-state index in [2.05, 4.69) is 4.89 Å². The smallest absolute Gasteiger partial charge is 0.0851 e. The molecule has 0 N–H and O–H groups in total. The maximum Gasteiger partial charge on any atom is 0.0851 e. The third-order valence-electron chi connectivity index (χ3n) is 2.53. The Kier molecular flexibility index (Phi) is 2.11. The van der Waals surface area contributed by atoms with Crippen LogP contribution in [-0.2, 0) is 14.5 Å². The molecule has 0 aromatic carbocycles. The van der Waals surface area contributed by atoms with Gasteiger partial charge in [-0.15, -0.1) is 0 Å². The van der Waals surface area contributed by atoms with Crippen molar-refractivity contribution in [3.05, 3.63) is 0 Å². The molecule has 0 unspecified atom stereocenters. The molecule has 2 aliphatic rings. The minimum absolute atomic E-state index is 0.550. The van der Waals surface area contributed by atoms with Crippen LogP contribution in [0.2, 0.25) is 0 Å². The SMILES string of the molecule is COOC[C@@H]1CC[C@H]2O[C@H]2C1. The predicted molar refractivity (Wildman–Crippen MR) is 39.0 cm³/mol. The van der Waals surface area contributed by atoms with Crippen molar-refractivity contribution in [2.24, 2.45) is 5.92 Å². The summed E-state index contributed by atoms with van der Waals surface area (Å²) in [5.74, 6) is 0.652.